The number of hydrogen-bond acceptors (Lipinski definition) is 2. The summed E-state index contributed by atoms with van der Waals surface area (Å²) in [4.78, 5) is 10.6. The van der Waals surface area contributed by atoms with Gasteiger partial charge in [-0.2, -0.15) is 0 Å². The molecule has 11 heavy (non-hydrogen) atoms. The highest BCUT2D eigenvalue weighted by molar-refractivity contribution is 5.67. The SMILES string of the molecule is CC(=O)OC1=CC[C@H]2C[C@@H]1C2. The Kier molecular flexibility index (Phi) is 1.48. The molecule has 2 nitrogen and oxygen atoms in total. The molecule has 2 heteroatoms. The highest BCUT2D eigenvalue weighted by Gasteiger charge is 2.36. The summed E-state index contributed by atoms with van der Waals surface area (Å²) in [5, 5.41) is 0. The van der Waals surface area contributed by atoms with Crippen LogP contribution in [0.3, 0.4) is 0 Å². The molecule has 0 aromatic carbocycles. The molecule has 60 valence electrons. The van der Waals surface area contributed by atoms with E-state index in [1.54, 1.807) is 0 Å². The molecule has 0 aliphatic heterocycles. The summed E-state index contributed by atoms with van der Waals surface area (Å²) in [5.74, 6) is 2.21. The zero-order valence-corrected chi connectivity index (χ0v) is 6.67. The molecule has 0 aromatic heterocycles. The van der Waals surface area contributed by atoms with Gasteiger partial charge in [0.15, 0.2) is 0 Å². The summed E-state index contributed by atoms with van der Waals surface area (Å²) in [6.45, 7) is 1.46. The number of carbonyl (C=O) groups excluding carboxylic acids is 1. The first-order chi connectivity index (χ1) is 5.25. The third kappa shape index (κ3) is 1.17. The molecule has 0 aromatic rings. The highest BCUT2D eigenvalue weighted by atomic mass is 16.5. The standard InChI is InChI=1S/C9H12O2/c1-6(10)11-9-3-2-7-4-8(9)5-7/h3,7-8H,2,4-5H2,1H3/t7-,8+. The second-order valence-corrected chi connectivity index (χ2v) is 3.47. The van der Waals surface area contributed by atoms with Crippen LogP contribution in [0.15, 0.2) is 11.8 Å². The van der Waals surface area contributed by atoms with Crippen molar-refractivity contribution in [3.8, 4) is 0 Å². The third-order valence-electron chi connectivity index (χ3n) is 2.55. The monoisotopic (exact) mass is 152 g/mol. The van der Waals surface area contributed by atoms with Crippen molar-refractivity contribution in [1.82, 2.24) is 0 Å². The van der Waals surface area contributed by atoms with Gasteiger partial charge in [0.25, 0.3) is 0 Å². The lowest BCUT2D eigenvalue weighted by atomic mass is 9.68. The van der Waals surface area contributed by atoms with Gasteiger partial charge in [-0.05, 0) is 31.3 Å². The van der Waals surface area contributed by atoms with Crippen LogP contribution in [0.5, 0.6) is 0 Å². The van der Waals surface area contributed by atoms with E-state index in [9.17, 15) is 4.79 Å². The molecule has 0 saturated heterocycles. The molecule has 0 heterocycles. The van der Waals surface area contributed by atoms with Crippen LogP contribution >= 0.6 is 0 Å². The van der Waals surface area contributed by atoms with Crippen LogP contribution in [0.1, 0.15) is 26.2 Å². The van der Waals surface area contributed by atoms with Crippen LogP contribution in [0.4, 0.5) is 0 Å². The molecule has 0 N–H and O–H groups in total. The molecule has 3 aliphatic rings. The maximum Gasteiger partial charge on any atom is 0.307 e. The Morgan fingerprint density at radius 2 is 2.36 bits per heavy atom. The van der Waals surface area contributed by atoms with Crippen LogP contribution in [0.2, 0.25) is 0 Å². The van der Waals surface area contributed by atoms with E-state index in [0.717, 1.165) is 18.1 Å². The van der Waals surface area contributed by atoms with E-state index < -0.39 is 0 Å². The van der Waals surface area contributed by atoms with Gasteiger partial charge in [-0.15, -0.1) is 0 Å². The number of rotatable bonds is 1. The Morgan fingerprint density at radius 3 is 2.82 bits per heavy atom. The minimum absolute atomic E-state index is 0.179. The molecule has 0 unspecified atom stereocenters. The van der Waals surface area contributed by atoms with E-state index in [1.165, 1.54) is 19.8 Å². The van der Waals surface area contributed by atoms with E-state index in [4.69, 9.17) is 4.74 Å². The Bertz CT molecular complexity index is 212. The first-order valence-electron chi connectivity index (χ1n) is 4.14. The molecule has 0 spiro atoms. The lowest BCUT2D eigenvalue weighted by Crippen LogP contribution is -2.30. The van der Waals surface area contributed by atoms with E-state index in [1.807, 2.05) is 0 Å². The van der Waals surface area contributed by atoms with E-state index >= 15 is 0 Å². The van der Waals surface area contributed by atoms with Gasteiger partial charge in [-0.25, -0.2) is 0 Å². The lowest BCUT2D eigenvalue weighted by molar-refractivity contribution is -0.138. The fourth-order valence-corrected chi connectivity index (χ4v) is 1.90. The predicted molar refractivity (Wildman–Crippen MR) is 40.7 cm³/mol. The van der Waals surface area contributed by atoms with Crippen molar-refractivity contribution in [3.05, 3.63) is 11.8 Å². The van der Waals surface area contributed by atoms with Crippen molar-refractivity contribution in [3.63, 3.8) is 0 Å². The van der Waals surface area contributed by atoms with Crippen LogP contribution < -0.4 is 0 Å². The molecule has 3 aliphatic carbocycles. The topological polar surface area (TPSA) is 26.3 Å². The average Bonchev–Trinajstić information content (AvgIpc) is 1.83. The van der Waals surface area contributed by atoms with Crippen LogP contribution in [0, 0.1) is 11.8 Å². The van der Waals surface area contributed by atoms with E-state index in [0.29, 0.717) is 5.92 Å². The van der Waals surface area contributed by atoms with Gasteiger partial charge < -0.3 is 4.74 Å². The summed E-state index contributed by atoms with van der Waals surface area (Å²) in [6.07, 6.45) is 5.65. The minimum Gasteiger partial charge on any atom is -0.431 e. The fourth-order valence-electron chi connectivity index (χ4n) is 1.90. The fraction of sp³-hybridized carbons (Fsp3) is 0.667. The van der Waals surface area contributed by atoms with Gasteiger partial charge in [-0.1, -0.05) is 0 Å². The highest BCUT2D eigenvalue weighted by Crippen LogP contribution is 2.45. The molecule has 2 bridgehead atoms. The van der Waals surface area contributed by atoms with Crippen molar-refractivity contribution < 1.29 is 9.53 Å². The molecule has 3 rings (SSSR count). The molecular formula is C9H12O2. The Labute approximate surface area is 66.2 Å². The molecule has 0 atom stereocenters. The first kappa shape index (κ1) is 6.89. The van der Waals surface area contributed by atoms with Gasteiger partial charge in [0, 0.05) is 12.8 Å². The molecule has 1 fully saturated rings. The molecular weight excluding hydrogens is 140 g/mol. The average molecular weight is 152 g/mol. The Morgan fingerprint density at radius 1 is 1.64 bits per heavy atom. The lowest BCUT2D eigenvalue weighted by Gasteiger charge is -2.39. The zero-order valence-electron chi connectivity index (χ0n) is 6.67. The first-order valence-corrected chi connectivity index (χ1v) is 4.14. The van der Waals surface area contributed by atoms with Gasteiger partial charge in [0.2, 0.25) is 0 Å². The summed E-state index contributed by atoms with van der Waals surface area (Å²) in [7, 11) is 0. The van der Waals surface area contributed by atoms with Crippen molar-refractivity contribution in [1.29, 1.82) is 0 Å². The molecule has 0 amide bonds. The van der Waals surface area contributed by atoms with Gasteiger partial charge in [-0.3, -0.25) is 4.79 Å². The van der Waals surface area contributed by atoms with E-state index in [-0.39, 0.29) is 5.97 Å². The Hall–Kier alpha value is -0.790. The number of ether oxygens (including phenoxy) is 1. The maximum atomic E-state index is 10.6. The smallest absolute Gasteiger partial charge is 0.307 e. The molecule has 1 saturated carbocycles. The second-order valence-electron chi connectivity index (χ2n) is 3.47. The van der Waals surface area contributed by atoms with Crippen molar-refractivity contribution in [2.45, 2.75) is 26.2 Å². The molecule has 0 radical (unpaired) electrons. The van der Waals surface area contributed by atoms with Crippen molar-refractivity contribution in [2.24, 2.45) is 11.8 Å². The summed E-state index contributed by atoms with van der Waals surface area (Å²) in [6, 6.07) is 0. The zero-order chi connectivity index (χ0) is 7.84. The van der Waals surface area contributed by atoms with Gasteiger partial charge in [0.05, 0.1) is 0 Å². The number of carbonyl (C=O) groups is 1. The van der Waals surface area contributed by atoms with Crippen LogP contribution in [0.25, 0.3) is 0 Å². The predicted octanol–water partition coefficient (Wildman–Crippen LogP) is 1.86. The summed E-state index contributed by atoms with van der Waals surface area (Å²) in [5.41, 5.74) is 0. The Balaban J connectivity index is 2.02. The van der Waals surface area contributed by atoms with Gasteiger partial charge >= 0.3 is 5.97 Å². The second kappa shape index (κ2) is 2.36. The van der Waals surface area contributed by atoms with Gasteiger partial charge in [0.1, 0.15) is 5.76 Å². The van der Waals surface area contributed by atoms with E-state index in [2.05, 4.69) is 6.08 Å². The quantitative estimate of drug-likeness (QED) is 0.536. The number of hydrogen-bond donors (Lipinski definition) is 0. The third-order valence-corrected chi connectivity index (χ3v) is 2.55. The van der Waals surface area contributed by atoms with Crippen LogP contribution in [-0.2, 0) is 9.53 Å². The summed E-state index contributed by atoms with van der Waals surface area (Å²) >= 11 is 0. The maximum absolute atomic E-state index is 10.6. The van der Waals surface area contributed by atoms with Crippen molar-refractivity contribution >= 4 is 5.97 Å². The number of fused-ring (bicyclic) bond motifs is 1. The van der Waals surface area contributed by atoms with Crippen molar-refractivity contribution in [2.75, 3.05) is 0 Å². The number of esters is 1. The summed E-state index contributed by atoms with van der Waals surface area (Å²) < 4.78 is 5.06. The largest absolute Gasteiger partial charge is 0.431 e. The normalized spacial score (nSPS) is 33.7. The minimum atomic E-state index is -0.179. The van der Waals surface area contributed by atoms with Crippen LogP contribution in [-0.4, -0.2) is 5.97 Å². The number of allylic oxidation sites excluding steroid dienone is 2.